The Bertz CT molecular complexity index is 924. The number of halogens is 1. The van der Waals surface area contributed by atoms with Crippen molar-refractivity contribution >= 4 is 28.2 Å². The smallest absolute Gasteiger partial charge is 0.290 e. The lowest BCUT2D eigenvalue weighted by Gasteiger charge is -2.05. The lowest BCUT2D eigenvalue weighted by molar-refractivity contribution is -0.383. The molecule has 9 nitrogen and oxygen atoms in total. The van der Waals surface area contributed by atoms with Crippen molar-refractivity contribution < 1.29 is 19.2 Å². The first kappa shape index (κ1) is 14.5. The molecule has 0 aliphatic heterocycles. The van der Waals surface area contributed by atoms with Crippen molar-refractivity contribution in [1.29, 1.82) is 0 Å². The molecule has 0 saturated carbocycles. The highest BCUT2D eigenvalue weighted by Crippen LogP contribution is 2.30. The third kappa shape index (κ3) is 2.70. The number of nitro benzene ring substituents is 1. The molecule has 0 aliphatic carbocycles. The highest BCUT2D eigenvalue weighted by atomic mass is 19.1. The molecule has 0 amide bonds. The summed E-state index contributed by atoms with van der Waals surface area (Å²) in [4.78, 5) is 14.4. The topological polar surface area (TPSA) is 127 Å². The molecule has 3 rings (SSSR count). The van der Waals surface area contributed by atoms with Crippen molar-refractivity contribution in [1.82, 2.24) is 15.8 Å². The zero-order valence-electron chi connectivity index (χ0n) is 11.3. The van der Waals surface area contributed by atoms with Crippen LogP contribution in [0.25, 0.3) is 11.0 Å². The maximum Gasteiger partial charge on any atom is 0.300 e. The van der Waals surface area contributed by atoms with Crippen molar-refractivity contribution in [2.45, 2.75) is 0 Å². The second kappa shape index (κ2) is 5.77. The summed E-state index contributed by atoms with van der Waals surface area (Å²) in [5.74, 6) is -0.579. The van der Waals surface area contributed by atoms with Crippen molar-refractivity contribution in [3.63, 3.8) is 0 Å². The van der Waals surface area contributed by atoms with Crippen LogP contribution in [0.1, 0.15) is 5.56 Å². The predicted molar refractivity (Wildman–Crippen MR) is 76.0 cm³/mol. The van der Waals surface area contributed by atoms with Crippen molar-refractivity contribution in [3.8, 4) is 0 Å². The Morgan fingerprint density at radius 3 is 2.78 bits per heavy atom. The number of aromatic nitrogens is 2. The van der Waals surface area contributed by atoms with E-state index in [1.165, 1.54) is 30.3 Å². The average molecular weight is 317 g/mol. The molecule has 0 fully saturated rings. The van der Waals surface area contributed by atoms with Crippen molar-refractivity contribution in [3.05, 3.63) is 57.9 Å². The Morgan fingerprint density at radius 1 is 1.30 bits per heavy atom. The molecule has 2 aromatic carbocycles. The van der Waals surface area contributed by atoms with Crippen molar-refractivity contribution in [2.24, 2.45) is 4.99 Å². The van der Waals surface area contributed by atoms with E-state index >= 15 is 0 Å². The molecule has 0 radical (unpaired) electrons. The van der Waals surface area contributed by atoms with Crippen LogP contribution < -0.4 is 5.48 Å². The average Bonchev–Trinajstić information content (AvgIpc) is 3.01. The monoisotopic (exact) mass is 317 g/mol. The lowest BCUT2D eigenvalue weighted by atomic mass is 10.2. The Kier molecular flexibility index (Phi) is 3.65. The van der Waals surface area contributed by atoms with Gasteiger partial charge in [-0.05, 0) is 28.5 Å². The molecule has 2 N–H and O–H groups in total. The first-order valence-corrected chi connectivity index (χ1v) is 6.24. The Labute approximate surface area is 127 Å². The molecule has 0 atom stereocenters. The number of hydrogen-bond acceptors (Lipinski definition) is 7. The summed E-state index contributed by atoms with van der Waals surface area (Å²) in [5.41, 5.74) is 1.97. The summed E-state index contributed by atoms with van der Waals surface area (Å²) in [6.07, 6.45) is 0. The molecule has 1 heterocycles. The summed E-state index contributed by atoms with van der Waals surface area (Å²) in [7, 11) is 0. The minimum Gasteiger partial charge on any atom is -0.290 e. The van der Waals surface area contributed by atoms with E-state index < -0.39 is 10.7 Å². The Hall–Kier alpha value is -3.40. The van der Waals surface area contributed by atoms with E-state index in [9.17, 15) is 19.7 Å². The normalized spacial score (nSPS) is 11.7. The van der Waals surface area contributed by atoms with E-state index in [1.54, 1.807) is 0 Å². The molecule has 3 aromatic rings. The van der Waals surface area contributed by atoms with Crippen LogP contribution in [0.2, 0.25) is 0 Å². The molecule has 1 aromatic heterocycles. The summed E-state index contributed by atoms with van der Waals surface area (Å²) in [6, 6.07) is 7.87. The van der Waals surface area contributed by atoms with E-state index in [1.807, 2.05) is 5.48 Å². The van der Waals surface area contributed by atoms with Gasteiger partial charge in [-0.3, -0.25) is 20.8 Å². The fraction of sp³-hybridized carbons (Fsp3) is 0. The van der Waals surface area contributed by atoms with Gasteiger partial charge >= 0.3 is 5.69 Å². The SMILES string of the molecule is O=[N+]([O-])c1ccc(N=C(NO)c2cccc(F)c2)c2nonc12. The van der Waals surface area contributed by atoms with E-state index in [0.717, 1.165) is 6.07 Å². The van der Waals surface area contributed by atoms with Crippen LogP contribution in [0.5, 0.6) is 0 Å². The van der Waals surface area contributed by atoms with Crippen LogP contribution >= 0.6 is 0 Å². The zero-order chi connectivity index (χ0) is 16.4. The zero-order valence-corrected chi connectivity index (χ0v) is 11.3. The number of nitrogens with one attached hydrogen (secondary N) is 1. The molecule has 116 valence electrons. The van der Waals surface area contributed by atoms with Gasteiger partial charge in [0.2, 0.25) is 5.52 Å². The summed E-state index contributed by atoms with van der Waals surface area (Å²) in [5, 5.41) is 27.2. The standard InChI is InChI=1S/C13H8FN5O4/c14-8-3-1-2-7(6-8)13(16-20)15-9-4-5-10(19(21)22)12-11(9)17-23-18-12/h1-6,20H,(H,15,16). The molecular weight excluding hydrogens is 309 g/mol. The maximum atomic E-state index is 13.3. The third-order valence-corrected chi connectivity index (χ3v) is 3.01. The number of rotatable bonds is 3. The van der Waals surface area contributed by atoms with Gasteiger partial charge in [0.1, 0.15) is 5.82 Å². The first-order chi connectivity index (χ1) is 11.1. The number of nitro groups is 1. The molecule has 10 heteroatoms. The Morgan fingerprint density at radius 2 is 2.09 bits per heavy atom. The van der Waals surface area contributed by atoms with Gasteiger partial charge in [-0.2, -0.15) is 0 Å². The van der Waals surface area contributed by atoms with Gasteiger partial charge in [0, 0.05) is 11.6 Å². The van der Waals surface area contributed by atoms with Crippen LogP contribution in [0.3, 0.4) is 0 Å². The lowest BCUT2D eigenvalue weighted by Crippen LogP contribution is -2.20. The fourth-order valence-corrected chi connectivity index (χ4v) is 1.99. The number of non-ortho nitro benzene ring substituents is 1. The largest absolute Gasteiger partial charge is 0.300 e. The van der Waals surface area contributed by atoms with Crippen LogP contribution in [-0.2, 0) is 0 Å². The van der Waals surface area contributed by atoms with Gasteiger partial charge < -0.3 is 0 Å². The second-order valence-electron chi connectivity index (χ2n) is 4.40. The Balaban J connectivity index is 2.14. The first-order valence-electron chi connectivity index (χ1n) is 6.24. The van der Waals surface area contributed by atoms with E-state index in [2.05, 4.69) is 19.9 Å². The number of aliphatic imine (C=N–C) groups is 1. The second-order valence-corrected chi connectivity index (χ2v) is 4.40. The van der Waals surface area contributed by atoms with E-state index in [-0.39, 0.29) is 33.8 Å². The fourth-order valence-electron chi connectivity index (χ4n) is 1.99. The number of hydroxylamine groups is 1. The third-order valence-electron chi connectivity index (χ3n) is 3.01. The van der Waals surface area contributed by atoms with Gasteiger partial charge in [-0.1, -0.05) is 12.1 Å². The minimum absolute atomic E-state index is 0.0448. The highest BCUT2D eigenvalue weighted by Gasteiger charge is 2.20. The van der Waals surface area contributed by atoms with Gasteiger partial charge in [0.15, 0.2) is 11.4 Å². The van der Waals surface area contributed by atoms with Crippen LogP contribution in [0.15, 0.2) is 46.0 Å². The number of fused-ring (bicyclic) bond motifs is 1. The molecule has 0 spiro atoms. The molecule has 0 unspecified atom stereocenters. The predicted octanol–water partition coefficient (Wildman–Crippen LogP) is 2.33. The molecule has 0 bridgehead atoms. The molecular formula is C13H8FN5O4. The van der Waals surface area contributed by atoms with Crippen LogP contribution in [-0.4, -0.2) is 26.3 Å². The summed E-state index contributed by atoms with van der Waals surface area (Å²) >= 11 is 0. The minimum atomic E-state index is -0.627. The molecule has 23 heavy (non-hydrogen) atoms. The molecule has 0 aliphatic rings. The maximum absolute atomic E-state index is 13.3. The van der Waals surface area contributed by atoms with Gasteiger partial charge in [-0.25, -0.2) is 14.0 Å². The van der Waals surface area contributed by atoms with E-state index in [4.69, 9.17) is 0 Å². The van der Waals surface area contributed by atoms with Crippen molar-refractivity contribution in [2.75, 3.05) is 0 Å². The summed E-state index contributed by atoms with van der Waals surface area (Å²) < 4.78 is 17.8. The number of amidine groups is 1. The highest BCUT2D eigenvalue weighted by molar-refractivity contribution is 6.02. The van der Waals surface area contributed by atoms with E-state index in [0.29, 0.717) is 0 Å². The molecule has 0 saturated heterocycles. The number of benzene rings is 2. The van der Waals surface area contributed by atoms with Gasteiger partial charge in [0.05, 0.1) is 10.6 Å². The van der Waals surface area contributed by atoms with Gasteiger partial charge in [0.25, 0.3) is 0 Å². The summed E-state index contributed by atoms with van der Waals surface area (Å²) in [6.45, 7) is 0. The van der Waals surface area contributed by atoms with Crippen LogP contribution in [0.4, 0.5) is 15.8 Å². The van der Waals surface area contributed by atoms with Gasteiger partial charge in [-0.15, -0.1) is 0 Å². The number of hydrogen-bond donors (Lipinski definition) is 2. The number of nitrogens with zero attached hydrogens (tertiary/aromatic N) is 4. The quantitative estimate of drug-likeness (QED) is 0.328. The van der Waals surface area contributed by atoms with Crippen LogP contribution in [0, 0.1) is 15.9 Å².